The van der Waals surface area contributed by atoms with Crippen molar-refractivity contribution in [2.24, 2.45) is 0 Å². The Morgan fingerprint density at radius 3 is 2.75 bits per heavy atom. The van der Waals surface area contributed by atoms with E-state index in [4.69, 9.17) is 9.26 Å². The average Bonchev–Trinajstić information content (AvgIpc) is 2.97. The third-order valence-corrected chi connectivity index (χ3v) is 3.35. The van der Waals surface area contributed by atoms with Gasteiger partial charge in [0.25, 0.3) is 5.89 Å². The molecule has 20 heavy (non-hydrogen) atoms. The number of pyridine rings is 1. The SMILES string of the molecule is COC(C)(C)c1noc(-c2nccc3ccccc23)n1. The first-order chi connectivity index (χ1) is 9.62. The minimum absolute atomic E-state index is 0.405. The predicted octanol–water partition coefficient (Wildman–Crippen LogP) is 3.17. The van der Waals surface area contributed by atoms with Crippen LogP contribution >= 0.6 is 0 Å². The van der Waals surface area contributed by atoms with Crippen molar-refractivity contribution in [3.05, 3.63) is 42.4 Å². The molecule has 2 aromatic heterocycles. The standard InChI is InChI=1S/C15H15N3O2/c1-15(2,19-3)14-17-13(20-18-14)12-11-7-5-4-6-10(11)8-9-16-12/h4-9H,1-3H3. The van der Waals surface area contributed by atoms with Gasteiger partial charge in [0, 0.05) is 18.7 Å². The van der Waals surface area contributed by atoms with Gasteiger partial charge in [-0.2, -0.15) is 4.98 Å². The van der Waals surface area contributed by atoms with Crippen molar-refractivity contribution >= 4 is 10.8 Å². The second-order valence-corrected chi connectivity index (χ2v) is 5.02. The lowest BCUT2D eigenvalue weighted by atomic mass is 10.1. The molecule has 2 heterocycles. The van der Waals surface area contributed by atoms with Crippen LogP contribution in [0.2, 0.25) is 0 Å². The monoisotopic (exact) mass is 269 g/mol. The third kappa shape index (κ3) is 2.06. The number of rotatable bonds is 3. The summed E-state index contributed by atoms with van der Waals surface area (Å²) in [5.74, 6) is 0.909. The summed E-state index contributed by atoms with van der Waals surface area (Å²) in [6.07, 6.45) is 1.74. The largest absolute Gasteiger partial charge is 0.371 e. The number of benzene rings is 1. The molecule has 0 atom stereocenters. The van der Waals surface area contributed by atoms with Crippen LogP contribution in [-0.2, 0) is 10.3 Å². The molecule has 0 bridgehead atoms. The molecule has 3 rings (SSSR count). The van der Waals surface area contributed by atoms with Crippen LogP contribution in [0.1, 0.15) is 19.7 Å². The Morgan fingerprint density at radius 1 is 1.15 bits per heavy atom. The van der Waals surface area contributed by atoms with Crippen LogP contribution in [0.5, 0.6) is 0 Å². The smallest absolute Gasteiger partial charge is 0.277 e. The fourth-order valence-corrected chi connectivity index (χ4v) is 1.95. The van der Waals surface area contributed by atoms with Crippen molar-refractivity contribution in [1.29, 1.82) is 0 Å². The van der Waals surface area contributed by atoms with Crippen LogP contribution in [0.3, 0.4) is 0 Å². The van der Waals surface area contributed by atoms with Crippen LogP contribution in [0.15, 0.2) is 41.1 Å². The molecular weight excluding hydrogens is 254 g/mol. The molecule has 0 saturated carbocycles. The topological polar surface area (TPSA) is 61.0 Å². The highest BCUT2D eigenvalue weighted by Gasteiger charge is 2.27. The highest BCUT2D eigenvalue weighted by Crippen LogP contribution is 2.27. The third-order valence-electron chi connectivity index (χ3n) is 3.35. The van der Waals surface area contributed by atoms with E-state index in [1.807, 2.05) is 44.2 Å². The number of hydrogen-bond donors (Lipinski definition) is 0. The molecule has 5 nitrogen and oxygen atoms in total. The van der Waals surface area contributed by atoms with E-state index in [-0.39, 0.29) is 0 Å². The van der Waals surface area contributed by atoms with Crippen LogP contribution in [-0.4, -0.2) is 22.2 Å². The number of hydrogen-bond acceptors (Lipinski definition) is 5. The average molecular weight is 269 g/mol. The first-order valence-corrected chi connectivity index (χ1v) is 6.35. The second-order valence-electron chi connectivity index (χ2n) is 5.02. The van der Waals surface area contributed by atoms with Gasteiger partial charge in [-0.05, 0) is 25.3 Å². The summed E-state index contributed by atoms with van der Waals surface area (Å²) in [5.41, 5.74) is 0.0977. The fourth-order valence-electron chi connectivity index (χ4n) is 1.95. The van der Waals surface area contributed by atoms with Gasteiger partial charge in [-0.3, -0.25) is 4.98 Å². The molecular formula is C15H15N3O2. The van der Waals surface area contributed by atoms with E-state index >= 15 is 0 Å². The quantitative estimate of drug-likeness (QED) is 0.730. The fraction of sp³-hybridized carbons (Fsp3) is 0.267. The first-order valence-electron chi connectivity index (χ1n) is 6.35. The summed E-state index contributed by atoms with van der Waals surface area (Å²) in [6.45, 7) is 3.77. The minimum atomic E-state index is -0.591. The number of nitrogens with zero attached hydrogens (tertiary/aromatic N) is 3. The zero-order chi connectivity index (χ0) is 14.2. The van der Waals surface area contributed by atoms with Crippen LogP contribution in [0, 0.1) is 0 Å². The van der Waals surface area contributed by atoms with Crippen molar-refractivity contribution in [3.8, 4) is 11.6 Å². The molecule has 5 heteroatoms. The summed E-state index contributed by atoms with van der Waals surface area (Å²) in [7, 11) is 1.62. The molecule has 0 aliphatic heterocycles. The van der Waals surface area contributed by atoms with Gasteiger partial charge in [-0.25, -0.2) is 0 Å². The van der Waals surface area contributed by atoms with Crippen LogP contribution in [0.25, 0.3) is 22.4 Å². The van der Waals surface area contributed by atoms with Gasteiger partial charge in [0.1, 0.15) is 11.3 Å². The lowest BCUT2D eigenvalue weighted by molar-refractivity contribution is 0.00973. The molecule has 0 spiro atoms. The summed E-state index contributed by atoms with van der Waals surface area (Å²) < 4.78 is 10.7. The van der Waals surface area contributed by atoms with Crippen molar-refractivity contribution in [3.63, 3.8) is 0 Å². The van der Waals surface area contributed by atoms with Crippen molar-refractivity contribution < 1.29 is 9.26 Å². The summed E-state index contributed by atoms with van der Waals surface area (Å²) in [4.78, 5) is 8.77. The van der Waals surface area contributed by atoms with E-state index in [0.717, 1.165) is 10.8 Å². The molecule has 0 radical (unpaired) electrons. The normalized spacial score (nSPS) is 11.9. The summed E-state index contributed by atoms with van der Waals surface area (Å²) >= 11 is 0. The Balaban J connectivity index is 2.13. The maximum absolute atomic E-state index is 5.35. The van der Waals surface area contributed by atoms with Gasteiger partial charge in [-0.15, -0.1) is 0 Å². The maximum atomic E-state index is 5.35. The van der Waals surface area contributed by atoms with E-state index < -0.39 is 5.60 Å². The summed E-state index contributed by atoms with van der Waals surface area (Å²) in [5, 5.41) is 6.06. The first kappa shape index (κ1) is 12.7. The lowest BCUT2D eigenvalue weighted by Gasteiger charge is -2.17. The second kappa shape index (κ2) is 4.68. The van der Waals surface area contributed by atoms with E-state index in [1.165, 1.54) is 0 Å². The zero-order valence-electron chi connectivity index (χ0n) is 11.6. The van der Waals surface area contributed by atoms with Gasteiger partial charge in [-0.1, -0.05) is 29.4 Å². The zero-order valence-corrected chi connectivity index (χ0v) is 11.6. The Bertz CT molecular complexity index is 744. The molecule has 0 N–H and O–H groups in total. The molecule has 0 unspecified atom stereocenters. The highest BCUT2D eigenvalue weighted by molar-refractivity contribution is 5.92. The molecule has 0 saturated heterocycles. The molecule has 102 valence electrons. The van der Waals surface area contributed by atoms with Gasteiger partial charge >= 0.3 is 0 Å². The molecule has 0 fully saturated rings. The highest BCUT2D eigenvalue weighted by atomic mass is 16.5. The maximum Gasteiger partial charge on any atom is 0.277 e. The molecule has 1 aromatic carbocycles. The lowest BCUT2D eigenvalue weighted by Crippen LogP contribution is -2.21. The van der Waals surface area contributed by atoms with E-state index in [1.54, 1.807) is 13.3 Å². The van der Waals surface area contributed by atoms with E-state index in [9.17, 15) is 0 Å². The van der Waals surface area contributed by atoms with E-state index in [2.05, 4.69) is 15.1 Å². The van der Waals surface area contributed by atoms with Crippen molar-refractivity contribution in [2.45, 2.75) is 19.4 Å². The Hall–Kier alpha value is -2.27. The number of methoxy groups -OCH3 is 1. The van der Waals surface area contributed by atoms with Crippen molar-refractivity contribution in [2.75, 3.05) is 7.11 Å². The number of aromatic nitrogens is 3. The molecule has 0 aliphatic rings. The molecule has 3 aromatic rings. The number of ether oxygens (including phenoxy) is 1. The molecule has 0 aliphatic carbocycles. The Morgan fingerprint density at radius 2 is 1.95 bits per heavy atom. The Labute approximate surface area is 116 Å². The van der Waals surface area contributed by atoms with Gasteiger partial charge in [0.05, 0.1) is 0 Å². The summed E-state index contributed by atoms with van der Waals surface area (Å²) in [6, 6.07) is 9.92. The Kier molecular flexibility index (Phi) is 2.99. The minimum Gasteiger partial charge on any atom is -0.371 e. The van der Waals surface area contributed by atoms with Gasteiger partial charge < -0.3 is 9.26 Å². The van der Waals surface area contributed by atoms with Gasteiger partial charge in [0.2, 0.25) is 5.82 Å². The van der Waals surface area contributed by atoms with Gasteiger partial charge in [0.15, 0.2) is 0 Å². The predicted molar refractivity (Wildman–Crippen MR) is 75.1 cm³/mol. The van der Waals surface area contributed by atoms with Crippen LogP contribution < -0.4 is 0 Å². The number of fused-ring (bicyclic) bond motifs is 1. The van der Waals surface area contributed by atoms with Crippen LogP contribution in [0.4, 0.5) is 0 Å². The van der Waals surface area contributed by atoms with E-state index in [0.29, 0.717) is 17.4 Å². The van der Waals surface area contributed by atoms with Crippen molar-refractivity contribution in [1.82, 2.24) is 15.1 Å². The molecule has 0 amide bonds.